The quantitative estimate of drug-likeness (QED) is 0.295. The van der Waals surface area contributed by atoms with Crippen LogP contribution in [0.15, 0.2) is 34.8 Å². The molecule has 3 aliphatic carbocycles. The second-order valence-corrected chi connectivity index (χ2v) is 10.5. The fraction of sp³-hybridized carbons (Fsp3) is 0.519. The maximum Gasteiger partial charge on any atom is 0.255 e. The molecular weight excluding hydrogens is 514 g/mol. The molecule has 1 aromatic carbocycles. The van der Waals surface area contributed by atoms with Crippen LogP contribution in [0.1, 0.15) is 42.1 Å². The second-order valence-electron chi connectivity index (χ2n) is 10.5. The van der Waals surface area contributed by atoms with Crippen LogP contribution < -0.4 is 15.4 Å². The number of hydrogen-bond donors (Lipinski definition) is 4. The number of benzene rings is 1. The fourth-order valence-corrected chi connectivity index (χ4v) is 6.09. The van der Waals surface area contributed by atoms with Crippen molar-refractivity contribution in [2.45, 2.75) is 44.2 Å². The summed E-state index contributed by atoms with van der Waals surface area (Å²) < 4.78 is 5.95. The number of carbonyl (C=O) groups is 3. The number of allylic oxidation sites excluding steroid dienone is 1. The van der Waals surface area contributed by atoms with Crippen molar-refractivity contribution < 1.29 is 34.4 Å². The molecule has 1 amide bonds. The highest BCUT2D eigenvalue weighted by Crippen LogP contribution is 2.53. The van der Waals surface area contributed by atoms with Crippen LogP contribution in [0.2, 0.25) is 0 Å². The number of rotatable bonds is 7. The number of nitrogens with two attached hydrogens (primary N) is 1. The van der Waals surface area contributed by atoms with E-state index in [0.717, 1.165) is 24.1 Å². The summed E-state index contributed by atoms with van der Waals surface area (Å²) >= 11 is 0. The van der Waals surface area contributed by atoms with Gasteiger partial charge in [-0.25, -0.2) is 0 Å². The van der Waals surface area contributed by atoms with Crippen molar-refractivity contribution >= 4 is 35.6 Å². The normalized spacial score (nSPS) is 26.4. The number of ketones is 2. The Hall–Kier alpha value is -3.08. The third-order valence-electron chi connectivity index (χ3n) is 7.80. The molecule has 0 fully saturated rings. The highest BCUT2D eigenvalue weighted by Gasteiger charge is 2.63. The lowest BCUT2D eigenvalue weighted by molar-refractivity contribution is -0.148. The maximum absolute atomic E-state index is 14.0. The second kappa shape index (κ2) is 10.6. The number of aliphatic hydroxyl groups excluding tert-OH is 2. The number of aliphatic hydroxyl groups is 3. The Morgan fingerprint density at radius 1 is 1.18 bits per heavy atom. The van der Waals surface area contributed by atoms with Gasteiger partial charge >= 0.3 is 0 Å². The molecule has 4 atom stereocenters. The molecule has 0 saturated heterocycles. The summed E-state index contributed by atoms with van der Waals surface area (Å²) in [7, 11) is 6.99. The standard InChI is InChI=1S/C27H35N3O7.ClH/c1-6-7-10-37-17-9-8-16(29(2)3)14-11-13-12-15-21(30(4)5)23(32)20(26(28)35)25(34)27(15,36)24(33)18(13)22(31)19(14)17;/h8-9,13,15,21,32-33,36H,6-7,10-12H2,1-5H3,(H2,28,35);1H. The van der Waals surface area contributed by atoms with E-state index in [2.05, 4.69) is 0 Å². The van der Waals surface area contributed by atoms with Crippen molar-refractivity contribution in [3.63, 3.8) is 0 Å². The molecule has 5 N–H and O–H groups in total. The summed E-state index contributed by atoms with van der Waals surface area (Å²) in [6.07, 6.45) is 2.17. The van der Waals surface area contributed by atoms with Crippen LogP contribution in [-0.4, -0.2) is 84.1 Å². The monoisotopic (exact) mass is 549 g/mol. The van der Waals surface area contributed by atoms with Gasteiger partial charge in [0.1, 0.15) is 22.8 Å². The first-order chi connectivity index (χ1) is 17.4. The Balaban J connectivity index is 0.00000400. The molecule has 10 nitrogen and oxygen atoms in total. The number of likely N-dealkylation sites (N-methyl/N-ethyl adjacent to an activating group) is 1. The van der Waals surface area contributed by atoms with Gasteiger partial charge in [-0.3, -0.25) is 19.3 Å². The average molecular weight is 550 g/mol. The topological polar surface area (TPSA) is 154 Å². The number of anilines is 1. The summed E-state index contributed by atoms with van der Waals surface area (Å²) in [6, 6.07) is 2.63. The molecule has 0 radical (unpaired) electrons. The molecule has 3 aliphatic rings. The highest BCUT2D eigenvalue weighted by atomic mass is 35.5. The van der Waals surface area contributed by atoms with Crippen molar-refractivity contribution in [3.8, 4) is 5.75 Å². The minimum absolute atomic E-state index is 0. The summed E-state index contributed by atoms with van der Waals surface area (Å²) in [5, 5.41) is 34.1. The molecule has 1 aromatic rings. The number of Topliss-reactive ketones (excluding diaryl/α,β-unsaturated/α-hetero) is 2. The van der Waals surface area contributed by atoms with Crippen molar-refractivity contribution in [2.75, 3.05) is 39.7 Å². The van der Waals surface area contributed by atoms with E-state index in [1.807, 2.05) is 32.0 Å². The van der Waals surface area contributed by atoms with Gasteiger partial charge in [0.2, 0.25) is 5.78 Å². The minimum atomic E-state index is -2.59. The number of fused-ring (bicyclic) bond motifs is 3. The zero-order valence-corrected chi connectivity index (χ0v) is 23.1. The zero-order chi connectivity index (χ0) is 27.4. The molecule has 4 rings (SSSR count). The molecule has 0 spiro atoms. The number of unbranched alkanes of at least 4 members (excludes halogenated alkanes) is 1. The maximum atomic E-state index is 14.0. The molecule has 38 heavy (non-hydrogen) atoms. The molecule has 0 aromatic heterocycles. The molecule has 208 valence electrons. The number of nitrogens with zero attached hydrogens (tertiary/aromatic N) is 2. The van der Waals surface area contributed by atoms with E-state index in [-0.39, 0.29) is 24.4 Å². The van der Waals surface area contributed by atoms with Crippen molar-refractivity contribution in [1.29, 1.82) is 0 Å². The van der Waals surface area contributed by atoms with E-state index in [9.17, 15) is 29.7 Å². The first kappa shape index (κ1) is 29.5. The van der Waals surface area contributed by atoms with Gasteiger partial charge in [0.25, 0.3) is 5.91 Å². The number of primary amides is 1. The molecule has 0 aliphatic heterocycles. The van der Waals surface area contributed by atoms with Gasteiger partial charge in [0, 0.05) is 31.3 Å². The SMILES string of the molecule is CCCCOc1ccc(N(C)C)c2c1C(=O)C1=C(O)C3(O)C(=O)C(C(N)=O)=C(O)C(N(C)C)C3CC1C2.Cl. The molecule has 4 unspecified atom stereocenters. The lowest BCUT2D eigenvalue weighted by Gasteiger charge is -2.50. The highest BCUT2D eigenvalue weighted by molar-refractivity contribution is 6.24. The number of hydrogen-bond acceptors (Lipinski definition) is 9. The van der Waals surface area contributed by atoms with Gasteiger partial charge < -0.3 is 30.7 Å². The van der Waals surface area contributed by atoms with Crippen LogP contribution in [-0.2, 0) is 16.0 Å². The van der Waals surface area contributed by atoms with Gasteiger partial charge in [-0.2, -0.15) is 0 Å². The van der Waals surface area contributed by atoms with Gasteiger partial charge in [0.15, 0.2) is 11.4 Å². The Labute approximate surface area is 228 Å². The van der Waals surface area contributed by atoms with E-state index >= 15 is 0 Å². The van der Waals surface area contributed by atoms with Crippen molar-refractivity contribution in [3.05, 3.63) is 45.9 Å². The summed E-state index contributed by atoms with van der Waals surface area (Å²) in [6.45, 7) is 2.44. The van der Waals surface area contributed by atoms with E-state index in [0.29, 0.717) is 24.3 Å². The van der Waals surface area contributed by atoms with Crippen LogP contribution in [0.25, 0.3) is 0 Å². The van der Waals surface area contributed by atoms with Crippen molar-refractivity contribution in [1.82, 2.24) is 4.90 Å². The fourth-order valence-electron chi connectivity index (χ4n) is 6.09. The third-order valence-corrected chi connectivity index (χ3v) is 7.80. The Morgan fingerprint density at radius 2 is 1.84 bits per heavy atom. The Kier molecular flexibility index (Phi) is 8.21. The molecular formula is C27H36ClN3O7. The largest absolute Gasteiger partial charge is 0.510 e. The van der Waals surface area contributed by atoms with E-state index in [4.69, 9.17) is 10.5 Å². The zero-order valence-electron chi connectivity index (χ0n) is 22.3. The molecule has 0 heterocycles. The molecule has 11 heteroatoms. The van der Waals surface area contributed by atoms with Gasteiger partial charge in [-0.15, -0.1) is 12.4 Å². The molecule has 0 bridgehead atoms. The number of carbonyl (C=O) groups excluding carboxylic acids is 3. The number of halogens is 1. The van der Waals surface area contributed by atoms with Crippen LogP contribution >= 0.6 is 12.4 Å². The van der Waals surface area contributed by atoms with E-state index in [1.165, 1.54) is 0 Å². The van der Waals surface area contributed by atoms with Crippen LogP contribution in [0, 0.1) is 11.8 Å². The Morgan fingerprint density at radius 3 is 2.39 bits per heavy atom. The lowest BCUT2D eigenvalue weighted by atomic mass is 9.58. The number of ether oxygens (including phenoxy) is 1. The lowest BCUT2D eigenvalue weighted by Crippen LogP contribution is -2.63. The van der Waals surface area contributed by atoms with Gasteiger partial charge in [0.05, 0.1) is 18.2 Å². The summed E-state index contributed by atoms with van der Waals surface area (Å²) in [5.41, 5.74) is 3.84. The minimum Gasteiger partial charge on any atom is -0.510 e. The van der Waals surface area contributed by atoms with Crippen LogP contribution in [0.5, 0.6) is 5.75 Å². The van der Waals surface area contributed by atoms with Crippen LogP contribution in [0.3, 0.4) is 0 Å². The first-order valence-corrected chi connectivity index (χ1v) is 12.5. The molecule has 0 saturated carbocycles. The summed E-state index contributed by atoms with van der Waals surface area (Å²) in [5.74, 6) is -5.46. The Bertz CT molecular complexity index is 1240. The third kappa shape index (κ3) is 4.24. The predicted octanol–water partition coefficient (Wildman–Crippen LogP) is 2.08. The van der Waals surface area contributed by atoms with Gasteiger partial charge in [-0.05, 0) is 57.0 Å². The van der Waals surface area contributed by atoms with E-state index in [1.54, 1.807) is 25.1 Å². The van der Waals surface area contributed by atoms with Crippen LogP contribution in [0.4, 0.5) is 5.69 Å². The smallest absolute Gasteiger partial charge is 0.255 e. The summed E-state index contributed by atoms with van der Waals surface area (Å²) in [4.78, 5) is 43.0. The van der Waals surface area contributed by atoms with Gasteiger partial charge in [-0.1, -0.05) is 13.3 Å². The predicted molar refractivity (Wildman–Crippen MR) is 144 cm³/mol. The van der Waals surface area contributed by atoms with Crippen molar-refractivity contribution in [2.24, 2.45) is 17.6 Å². The van der Waals surface area contributed by atoms with E-state index < -0.39 is 58.0 Å². The average Bonchev–Trinajstić information content (AvgIpc) is 2.81. The first-order valence-electron chi connectivity index (χ1n) is 12.5. The number of amides is 1.